The van der Waals surface area contributed by atoms with Gasteiger partial charge in [0, 0.05) is 17.0 Å². The standard InChI is InChI=1S/C17H14N4O4/c1-25-15-9-11(8-14(17(15)22)21(23)24)10-18-20-16-7-6-12-4-2-3-5-13(12)19-16/h2-10,22H,1H3,(H,19,20). The summed E-state index contributed by atoms with van der Waals surface area (Å²) in [5, 5.41) is 25.8. The number of ether oxygens (including phenoxy) is 1. The third kappa shape index (κ3) is 3.47. The highest BCUT2D eigenvalue weighted by molar-refractivity contribution is 5.84. The van der Waals surface area contributed by atoms with Crippen molar-refractivity contribution in [3.8, 4) is 11.5 Å². The van der Waals surface area contributed by atoms with Gasteiger partial charge in [-0.2, -0.15) is 5.10 Å². The Morgan fingerprint density at radius 3 is 2.84 bits per heavy atom. The molecular formula is C17H14N4O4. The number of pyridine rings is 1. The predicted octanol–water partition coefficient (Wildman–Crippen LogP) is 3.30. The Morgan fingerprint density at radius 1 is 1.28 bits per heavy atom. The first kappa shape index (κ1) is 16.2. The third-order valence-electron chi connectivity index (χ3n) is 3.48. The van der Waals surface area contributed by atoms with Gasteiger partial charge < -0.3 is 9.84 Å². The number of hydrogen-bond acceptors (Lipinski definition) is 7. The van der Waals surface area contributed by atoms with Crippen LogP contribution in [0.5, 0.6) is 11.5 Å². The molecule has 0 aliphatic heterocycles. The van der Waals surface area contributed by atoms with E-state index in [9.17, 15) is 15.2 Å². The number of fused-ring (bicyclic) bond motifs is 1. The molecule has 0 spiro atoms. The number of benzene rings is 2. The van der Waals surface area contributed by atoms with Gasteiger partial charge >= 0.3 is 5.69 Å². The second-order valence-electron chi connectivity index (χ2n) is 5.11. The van der Waals surface area contributed by atoms with Gasteiger partial charge in [0.15, 0.2) is 5.75 Å². The average Bonchev–Trinajstić information content (AvgIpc) is 2.62. The van der Waals surface area contributed by atoms with Crippen molar-refractivity contribution in [2.24, 2.45) is 5.10 Å². The van der Waals surface area contributed by atoms with E-state index in [2.05, 4.69) is 15.5 Å². The zero-order valence-electron chi connectivity index (χ0n) is 13.2. The van der Waals surface area contributed by atoms with Crippen LogP contribution >= 0.6 is 0 Å². The van der Waals surface area contributed by atoms with E-state index in [-0.39, 0.29) is 5.75 Å². The van der Waals surface area contributed by atoms with E-state index >= 15 is 0 Å². The number of nitro groups is 1. The first-order chi connectivity index (χ1) is 12.1. The number of hydrogen-bond donors (Lipinski definition) is 2. The molecule has 3 aromatic rings. The van der Waals surface area contributed by atoms with Crippen LogP contribution in [-0.4, -0.2) is 28.3 Å². The first-order valence-electron chi connectivity index (χ1n) is 7.29. The molecule has 2 aromatic carbocycles. The second kappa shape index (κ2) is 6.83. The summed E-state index contributed by atoms with van der Waals surface area (Å²) >= 11 is 0. The van der Waals surface area contributed by atoms with Crippen molar-refractivity contribution in [2.45, 2.75) is 0 Å². The molecule has 0 bridgehead atoms. The SMILES string of the molecule is COc1cc(C=NNc2ccc3ccccc3n2)cc([N+](=O)[O-])c1O. The molecule has 0 saturated heterocycles. The summed E-state index contributed by atoms with van der Waals surface area (Å²) in [6.07, 6.45) is 1.38. The lowest BCUT2D eigenvalue weighted by atomic mass is 10.2. The Bertz CT molecular complexity index is 972. The summed E-state index contributed by atoms with van der Waals surface area (Å²) in [6.45, 7) is 0. The highest BCUT2D eigenvalue weighted by Gasteiger charge is 2.19. The number of anilines is 1. The van der Waals surface area contributed by atoms with Gasteiger partial charge in [-0.05, 0) is 24.3 Å². The summed E-state index contributed by atoms with van der Waals surface area (Å²) in [5.74, 6) is 0.0171. The van der Waals surface area contributed by atoms with Gasteiger partial charge in [-0.15, -0.1) is 0 Å². The lowest BCUT2D eigenvalue weighted by Gasteiger charge is -2.05. The van der Waals surface area contributed by atoms with Crippen molar-refractivity contribution in [3.63, 3.8) is 0 Å². The molecule has 0 unspecified atom stereocenters. The molecule has 0 aliphatic carbocycles. The van der Waals surface area contributed by atoms with Crippen LogP contribution in [0.4, 0.5) is 11.5 Å². The largest absolute Gasteiger partial charge is 0.500 e. The third-order valence-corrected chi connectivity index (χ3v) is 3.48. The van der Waals surface area contributed by atoms with Gasteiger partial charge in [0.2, 0.25) is 5.75 Å². The predicted molar refractivity (Wildman–Crippen MR) is 94.3 cm³/mol. The summed E-state index contributed by atoms with van der Waals surface area (Å²) < 4.78 is 4.94. The minimum atomic E-state index is -0.687. The molecule has 8 nitrogen and oxygen atoms in total. The number of para-hydroxylation sites is 1. The van der Waals surface area contributed by atoms with Gasteiger partial charge in [-0.1, -0.05) is 18.2 Å². The summed E-state index contributed by atoms with van der Waals surface area (Å²) in [4.78, 5) is 14.7. The van der Waals surface area contributed by atoms with Crippen LogP contribution in [0, 0.1) is 10.1 Å². The zero-order valence-corrected chi connectivity index (χ0v) is 13.2. The molecule has 0 radical (unpaired) electrons. The summed E-state index contributed by atoms with van der Waals surface area (Å²) in [7, 11) is 1.32. The molecule has 8 heteroatoms. The Balaban J connectivity index is 1.83. The van der Waals surface area contributed by atoms with Crippen molar-refractivity contribution >= 4 is 28.6 Å². The first-order valence-corrected chi connectivity index (χ1v) is 7.29. The fourth-order valence-corrected chi connectivity index (χ4v) is 2.28. The minimum absolute atomic E-state index is 0.000481. The molecular weight excluding hydrogens is 324 g/mol. The maximum atomic E-state index is 11.0. The Hall–Kier alpha value is -3.68. The van der Waals surface area contributed by atoms with Crippen LogP contribution in [0.15, 0.2) is 53.6 Å². The number of nitro benzene ring substituents is 1. The number of phenolic OH excluding ortho intramolecular Hbond substituents is 1. The topological polar surface area (TPSA) is 110 Å². The molecule has 1 heterocycles. The molecule has 3 rings (SSSR count). The fraction of sp³-hybridized carbons (Fsp3) is 0.0588. The smallest absolute Gasteiger partial charge is 0.315 e. The molecule has 0 saturated carbocycles. The lowest BCUT2D eigenvalue weighted by molar-refractivity contribution is -0.386. The van der Waals surface area contributed by atoms with E-state index in [4.69, 9.17) is 4.74 Å². The van der Waals surface area contributed by atoms with E-state index < -0.39 is 16.4 Å². The van der Waals surface area contributed by atoms with E-state index in [0.29, 0.717) is 11.4 Å². The number of rotatable bonds is 5. The van der Waals surface area contributed by atoms with Crippen molar-refractivity contribution in [2.75, 3.05) is 12.5 Å². The number of phenols is 1. The molecule has 2 N–H and O–H groups in total. The lowest BCUT2D eigenvalue weighted by Crippen LogP contribution is -1.97. The van der Waals surface area contributed by atoms with Gasteiger partial charge in [0.05, 0.1) is 23.8 Å². The number of nitrogens with zero attached hydrogens (tertiary/aromatic N) is 3. The van der Waals surface area contributed by atoms with Gasteiger partial charge in [0.25, 0.3) is 0 Å². The van der Waals surface area contributed by atoms with Crippen LogP contribution < -0.4 is 10.2 Å². The van der Waals surface area contributed by atoms with Gasteiger partial charge in [-0.25, -0.2) is 4.98 Å². The number of aromatic hydroxyl groups is 1. The number of hydrazone groups is 1. The number of methoxy groups -OCH3 is 1. The highest BCUT2D eigenvalue weighted by atomic mass is 16.6. The van der Waals surface area contributed by atoms with Gasteiger partial charge in [-0.3, -0.25) is 15.5 Å². The van der Waals surface area contributed by atoms with E-state index in [1.54, 1.807) is 6.07 Å². The van der Waals surface area contributed by atoms with Crippen LogP contribution in [0.3, 0.4) is 0 Å². The highest BCUT2D eigenvalue weighted by Crippen LogP contribution is 2.36. The molecule has 0 fully saturated rings. The molecule has 0 aliphatic rings. The van der Waals surface area contributed by atoms with E-state index in [0.717, 1.165) is 10.9 Å². The monoisotopic (exact) mass is 338 g/mol. The Labute approximate surface area is 142 Å². The van der Waals surface area contributed by atoms with E-state index in [1.807, 2.05) is 30.3 Å². The number of aromatic nitrogens is 1. The second-order valence-corrected chi connectivity index (χ2v) is 5.11. The molecule has 1 aromatic heterocycles. The quantitative estimate of drug-likeness (QED) is 0.419. The van der Waals surface area contributed by atoms with Crippen LogP contribution in [-0.2, 0) is 0 Å². The molecule has 0 atom stereocenters. The van der Waals surface area contributed by atoms with Gasteiger partial charge in [0.1, 0.15) is 5.82 Å². The Kier molecular flexibility index (Phi) is 4.42. The molecule has 126 valence electrons. The van der Waals surface area contributed by atoms with Crippen LogP contribution in [0.2, 0.25) is 0 Å². The van der Waals surface area contributed by atoms with Crippen molar-refractivity contribution < 1.29 is 14.8 Å². The fourth-order valence-electron chi connectivity index (χ4n) is 2.28. The van der Waals surface area contributed by atoms with Crippen LogP contribution in [0.25, 0.3) is 10.9 Å². The van der Waals surface area contributed by atoms with Crippen molar-refractivity contribution in [1.29, 1.82) is 0 Å². The maximum absolute atomic E-state index is 11.0. The average molecular weight is 338 g/mol. The van der Waals surface area contributed by atoms with Crippen LogP contribution in [0.1, 0.15) is 5.56 Å². The normalized spacial score (nSPS) is 10.9. The Morgan fingerprint density at radius 2 is 2.08 bits per heavy atom. The summed E-state index contributed by atoms with van der Waals surface area (Å²) in [5.41, 5.74) is 3.54. The van der Waals surface area contributed by atoms with E-state index in [1.165, 1.54) is 25.5 Å². The zero-order chi connectivity index (χ0) is 17.8. The molecule has 0 amide bonds. The van der Waals surface area contributed by atoms with Crippen molar-refractivity contribution in [1.82, 2.24) is 4.98 Å². The summed E-state index contributed by atoms with van der Waals surface area (Å²) in [6, 6.07) is 14.0. The maximum Gasteiger partial charge on any atom is 0.315 e. The minimum Gasteiger partial charge on any atom is -0.500 e. The van der Waals surface area contributed by atoms with Crippen molar-refractivity contribution in [3.05, 3.63) is 64.2 Å². The number of nitrogens with one attached hydrogen (secondary N) is 1. The molecule has 25 heavy (non-hydrogen) atoms.